The summed E-state index contributed by atoms with van der Waals surface area (Å²) in [5.41, 5.74) is 4.71. The van der Waals surface area contributed by atoms with Gasteiger partial charge in [-0.1, -0.05) is 36.0 Å². The van der Waals surface area contributed by atoms with Gasteiger partial charge in [0.2, 0.25) is 0 Å². The number of para-hydroxylation sites is 1. The summed E-state index contributed by atoms with van der Waals surface area (Å²) in [7, 11) is 0. The van der Waals surface area contributed by atoms with Crippen molar-refractivity contribution in [2.75, 3.05) is 5.75 Å². The number of aryl methyl sites for hydroxylation is 3. The van der Waals surface area contributed by atoms with Crippen molar-refractivity contribution in [3.05, 3.63) is 71.2 Å². The summed E-state index contributed by atoms with van der Waals surface area (Å²) in [4.78, 5) is 13.1. The molecule has 0 radical (unpaired) electrons. The molecule has 0 bridgehead atoms. The number of nitrogens with zero attached hydrogens (tertiary/aromatic N) is 4. The van der Waals surface area contributed by atoms with Crippen LogP contribution in [0.4, 0.5) is 0 Å². The molecule has 0 saturated heterocycles. The molecule has 0 spiro atoms. The normalized spacial score (nSPS) is 13.2. The first kappa shape index (κ1) is 22.7. The zero-order chi connectivity index (χ0) is 23.5. The first-order chi connectivity index (χ1) is 16.7. The van der Waals surface area contributed by atoms with Crippen LogP contribution in [-0.4, -0.2) is 30.9 Å². The predicted molar refractivity (Wildman–Crippen MR) is 136 cm³/mol. The molecule has 0 saturated carbocycles. The Morgan fingerprint density at radius 3 is 2.68 bits per heavy atom. The van der Waals surface area contributed by atoms with Gasteiger partial charge >= 0.3 is 0 Å². The minimum atomic E-state index is 0.103. The molecular weight excluding hydrogens is 444 g/mol. The molecule has 2 heterocycles. The van der Waals surface area contributed by atoms with Gasteiger partial charge in [0.25, 0.3) is 0 Å². The van der Waals surface area contributed by atoms with E-state index in [1.54, 1.807) is 0 Å². The summed E-state index contributed by atoms with van der Waals surface area (Å²) >= 11 is 1.44. The number of fused-ring (bicyclic) bond motifs is 2. The van der Waals surface area contributed by atoms with Crippen LogP contribution in [0.1, 0.15) is 54.0 Å². The van der Waals surface area contributed by atoms with Crippen LogP contribution in [0.5, 0.6) is 5.75 Å². The fourth-order valence-corrected chi connectivity index (χ4v) is 5.64. The third-order valence-corrected chi connectivity index (χ3v) is 7.53. The van der Waals surface area contributed by atoms with E-state index in [0.29, 0.717) is 12.4 Å². The highest BCUT2D eigenvalue weighted by Gasteiger charge is 2.18. The van der Waals surface area contributed by atoms with E-state index in [1.807, 2.05) is 29.0 Å². The summed E-state index contributed by atoms with van der Waals surface area (Å²) in [5.74, 6) is 2.08. The second-order valence-corrected chi connectivity index (χ2v) is 9.57. The van der Waals surface area contributed by atoms with Gasteiger partial charge < -0.3 is 13.9 Å². The fourth-order valence-electron chi connectivity index (χ4n) is 4.74. The summed E-state index contributed by atoms with van der Waals surface area (Å²) in [6.45, 7) is 6.07. The van der Waals surface area contributed by atoms with Gasteiger partial charge in [-0.2, -0.15) is 0 Å². The molecule has 0 amide bonds. The Hall–Kier alpha value is -3.06. The lowest BCUT2D eigenvalue weighted by atomic mass is 9.92. The topological polar surface area (TPSA) is 61.9 Å². The number of carbonyl (C=O) groups is 1. The molecule has 0 fully saturated rings. The number of thioether (sulfide) groups is 1. The van der Waals surface area contributed by atoms with Crippen molar-refractivity contribution < 1.29 is 9.53 Å². The van der Waals surface area contributed by atoms with Crippen molar-refractivity contribution in [1.82, 2.24) is 19.3 Å². The number of hydrogen-bond donors (Lipinski definition) is 0. The second-order valence-electron chi connectivity index (χ2n) is 8.63. The van der Waals surface area contributed by atoms with Crippen LogP contribution in [0.3, 0.4) is 0 Å². The van der Waals surface area contributed by atoms with Gasteiger partial charge in [-0.15, -0.1) is 10.2 Å². The Morgan fingerprint density at radius 2 is 1.85 bits per heavy atom. The number of carbonyl (C=O) groups excluding carboxylic acids is 1. The molecule has 0 aliphatic heterocycles. The number of benzene rings is 2. The number of Topliss-reactive ketones (excluding diaryl/α,β-unsaturated/α-hetero) is 1. The zero-order valence-corrected chi connectivity index (χ0v) is 20.6. The molecule has 1 aliphatic rings. The average Bonchev–Trinajstić information content (AvgIpc) is 3.46. The molecule has 5 rings (SSSR count). The van der Waals surface area contributed by atoms with Gasteiger partial charge in [0.05, 0.1) is 5.75 Å². The fraction of sp³-hybridized carbons (Fsp3) is 0.370. The number of hydrogen-bond acceptors (Lipinski definition) is 5. The second kappa shape index (κ2) is 10.1. The van der Waals surface area contributed by atoms with E-state index >= 15 is 0 Å². The van der Waals surface area contributed by atoms with Gasteiger partial charge in [0, 0.05) is 35.8 Å². The van der Waals surface area contributed by atoms with Crippen molar-refractivity contribution in [2.45, 2.75) is 64.4 Å². The molecular formula is C27H30N4O2S. The third-order valence-electron chi connectivity index (χ3n) is 6.56. The Bertz CT molecular complexity index is 1320. The molecule has 4 aromatic rings. The number of ether oxygens (including phenoxy) is 1. The quantitative estimate of drug-likeness (QED) is 0.230. The van der Waals surface area contributed by atoms with Crippen LogP contribution < -0.4 is 4.74 Å². The van der Waals surface area contributed by atoms with E-state index in [0.717, 1.165) is 59.1 Å². The molecule has 6 nitrogen and oxygen atoms in total. The first-order valence-corrected chi connectivity index (χ1v) is 13.1. The Balaban J connectivity index is 1.26. The van der Waals surface area contributed by atoms with Crippen molar-refractivity contribution in [3.8, 4) is 5.75 Å². The molecule has 176 valence electrons. The molecule has 2 aromatic heterocycles. The monoisotopic (exact) mass is 474 g/mol. The zero-order valence-electron chi connectivity index (χ0n) is 19.8. The SMILES string of the molecule is CCn1c(COc2ccc3c(c2)CCCC3)nnc1SCC(=O)c1cn(CC)c2ccccc12. The van der Waals surface area contributed by atoms with E-state index in [1.165, 1.54) is 35.7 Å². The van der Waals surface area contributed by atoms with E-state index in [2.05, 4.69) is 52.9 Å². The Kier molecular flexibility index (Phi) is 6.72. The van der Waals surface area contributed by atoms with Gasteiger partial charge in [-0.05, 0) is 68.9 Å². The van der Waals surface area contributed by atoms with E-state index in [4.69, 9.17) is 4.74 Å². The van der Waals surface area contributed by atoms with Crippen molar-refractivity contribution in [3.63, 3.8) is 0 Å². The molecule has 0 atom stereocenters. The Morgan fingerprint density at radius 1 is 1.03 bits per heavy atom. The molecule has 34 heavy (non-hydrogen) atoms. The number of aromatic nitrogens is 4. The van der Waals surface area contributed by atoms with Gasteiger partial charge in [-0.25, -0.2) is 0 Å². The highest BCUT2D eigenvalue weighted by Crippen LogP contribution is 2.27. The lowest BCUT2D eigenvalue weighted by Crippen LogP contribution is -2.09. The van der Waals surface area contributed by atoms with Gasteiger partial charge in [0.1, 0.15) is 12.4 Å². The van der Waals surface area contributed by atoms with E-state index in [9.17, 15) is 4.79 Å². The molecule has 1 aliphatic carbocycles. The number of ketones is 1. The predicted octanol–water partition coefficient (Wildman–Crippen LogP) is 5.71. The maximum Gasteiger partial charge on any atom is 0.191 e. The summed E-state index contributed by atoms with van der Waals surface area (Å²) in [5, 5.41) is 10.5. The molecule has 0 unspecified atom stereocenters. The summed E-state index contributed by atoms with van der Waals surface area (Å²) < 4.78 is 10.2. The van der Waals surface area contributed by atoms with Crippen LogP contribution in [0, 0.1) is 0 Å². The highest BCUT2D eigenvalue weighted by atomic mass is 32.2. The lowest BCUT2D eigenvalue weighted by Gasteiger charge is -2.16. The minimum absolute atomic E-state index is 0.103. The third kappa shape index (κ3) is 4.49. The van der Waals surface area contributed by atoms with E-state index in [-0.39, 0.29) is 5.78 Å². The van der Waals surface area contributed by atoms with Crippen LogP contribution >= 0.6 is 11.8 Å². The average molecular weight is 475 g/mol. The van der Waals surface area contributed by atoms with Crippen LogP contribution in [-0.2, 0) is 32.5 Å². The van der Waals surface area contributed by atoms with Crippen LogP contribution in [0.2, 0.25) is 0 Å². The lowest BCUT2D eigenvalue weighted by molar-refractivity contribution is 0.102. The van der Waals surface area contributed by atoms with Crippen LogP contribution in [0.25, 0.3) is 10.9 Å². The summed E-state index contributed by atoms with van der Waals surface area (Å²) in [6.07, 6.45) is 6.78. The molecule has 7 heteroatoms. The maximum atomic E-state index is 13.1. The number of rotatable bonds is 9. The molecule has 2 aromatic carbocycles. The van der Waals surface area contributed by atoms with Crippen molar-refractivity contribution >= 4 is 28.4 Å². The van der Waals surface area contributed by atoms with E-state index < -0.39 is 0 Å². The highest BCUT2D eigenvalue weighted by molar-refractivity contribution is 7.99. The van der Waals surface area contributed by atoms with Gasteiger partial charge in [0.15, 0.2) is 16.8 Å². The largest absolute Gasteiger partial charge is 0.486 e. The maximum absolute atomic E-state index is 13.1. The van der Waals surface area contributed by atoms with Crippen molar-refractivity contribution in [2.24, 2.45) is 0 Å². The van der Waals surface area contributed by atoms with Crippen LogP contribution in [0.15, 0.2) is 53.8 Å². The molecule has 0 N–H and O–H groups in total. The minimum Gasteiger partial charge on any atom is -0.486 e. The Labute approximate surface area is 204 Å². The van der Waals surface area contributed by atoms with Gasteiger partial charge in [-0.3, -0.25) is 4.79 Å². The van der Waals surface area contributed by atoms with Crippen molar-refractivity contribution in [1.29, 1.82) is 0 Å². The first-order valence-electron chi connectivity index (χ1n) is 12.1. The smallest absolute Gasteiger partial charge is 0.191 e. The standard InChI is InChI=1S/C27H30N4O2S/c1-3-30-16-23(22-11-7-8-12-24(22)30)25(32)18-34-27-29-28-26(31(27)4-2)17-33-21-14-13-19-9-5-6-10-20(19)15-21/h7-8,11-16H,3-6,9-10,17-18H2,1-2H3. The summed E-state index contributed by atoms with van der Waals surface area (Å²) in [6, 6.07) is 14.5.